The largest absolute Gasteiger partial charge is 0.493 e. The lowest BCUT2D eigenvalue weighted by Crippen LogP contribution is -2.25. The van der Waals surface area contributed by atoms with Gasteiger partial charge in [0.25, 0.3) is 0 Å². The van der Waals surface area contributed by atoms with Gasteiger partial charge in [-0.3, -0.25) is 0 Å². The summed E-state index contributed by atoms with van der Waals surface area (Å²) >= 11 is 0. The summed E-state index contributed by atoms with van der Waals surface area (Å²) < 4.78 is 5.84. The Morgan fingerprint density at radius 3 is 2.62 bits per heavy atom. The standard InChI is InChI=1S/C18H26N2O/c1-3-20-15(2)4-5-16-6-8-17(9-7-16)21-14-18(10-11-18)12-13-19/h6-9,15,20H,3-5,10-12,14H2,1-2H3. The van der Waals surface area contributed by atoms with E-state index in [2.05, 4.69) is 49.5 Å². The zero-order valence-corrected chi connectivity index (χ0v) is 13.2. The van der Waals surface area contributed by atoms with Crippen molar-refractivity contribution in [2.45, 2.75) is 52.0 Å². The molecule has 1 aromatic carbocycles. The molecule has 0 spiro atoms. The molecule has 3 nitrogen and oxygen atoms in total. The van der Waals surface area contributed by atoms with Gasteiger partial charge in [0.15, 0.2) is 0 Å². The smallest absolute Gasteiger partial charge is 0.119 e. The number of hydrogen-bond donors (Lipinski definition) is 1. The Bertz CT molecular complexity index is 471. The first-order chi connectivity index (χ1) is 10.2. The van der Waals surface area contributed by atoms with Crippen LogP contribution in [-0.2, 0) is 6.42 Å². The average Bonchev–Trinajstić information content (AvgIpc) is 3.25. The van der Waals surface area contributed by atoms with Gasteiger partial charge in [-0.2, -0.15) is 5.26 Å². The lowest BCUT2D eigenvalue weighted by molar-refractivity contribution is 0.237. The van der Waals surface area contributed by atoms with Gasteiger partial charge < -0.3 is 10.1 Å². The van der Waals surface area contributed by atoms with Gasteiger partial charge in [0.05, 0.1) is 12.7 Å². The Labute approximate surface area is 128 Å². The highest BCUT2D eigenvalue weighted by Crippen LogP contribution is 2.48. The molecule has 1 aliphatic carbocycles. The summed E-state index contributed by atoms with van der Waals surface area (Å²) in [6.07, 6.45) is 5.11. The van der Waals surface area contributed by atoms with Crippen molar-refractivity contribution in [3.05, 3.63) is 29.8 Å². The molecule has 21 heavy (non-hydrogen) atoms. The van der Waals surface area contributed by atoms with Crippen LogP contribution in [0.4, 0.5) is 0 Å². The molecule has 1 aromatic rings. The molecular weight excluding hydrogens is 260 g/mol. The number of ether oxygens (including phenoxy) is 1. The highest BCUT2D eigenvalue weighted by molar-refractivity contribution is 5.27. The van der Waals surface area contributed by atoms with Gasteiger partial charge >= 0.3 is 0 Å². The molecule has 1 saturated carbocycles. The Kier molecular flexibility index (Phi) is 5.64. The van der Waals surface area contributed by atoms with Crippen LogP contribution in [0.3, 0.4) is 0 Å². The highest BCUT2D eigenvalue weighted by atomic mass is 16.5. The van der Waals surface area contributed by atoms with Crippen molar-refractivity contribution in [3.8, 4) is 11.8 Å². The van der Waals surface area contributed by atoms with Crippen LogP contribution in [0.25, 0.3) is 0 Å². The fourth-order valence-corrected chi connectivity index (χ4v) is 2.54. The van der Waals surface area contributed by atoms with Gasteiger partial charge in [-0.1, -0.05) is 19.1 Å². The molecule has 1 fully saturated rings. The number of nitrogens with zero attached hydrogens (tertiary/aromatic N) is 1. The molecule has 114 valence electrons. The number of nitriles is 1. The van der Waals surface area contributed by atoms with Crippen molar-refractivity contribution in [1.82, 2.24) is 5.32 Å². The summed E-state index contributed by atoms with van der Waals surface area (Å²) in [6, 6.07) is 11.2. The molecule has 0 aromatic heterocycles. The molecule has 0 saturated heterocycles. The van der Waals surface area contributed by atoms with E-state index in [0.29, 0.717) is 19.1 Å². The van der Waals surface area contributed by atoms with Crippen LogP contribution in [0.2, 0.25) is 0 Å². The average molecular weight is 286 g/mol. The van der Waals surface area contributed by atoms with E-state index in [9.17, 15) is 0 Å². The maximum Gasteiger partial charge on any atom is 0.119 e. The van der Waals surface area contributed by atoms with Crippen LogP contribution in [0, 0.1) is 16.7 Å². The lowest BCUT2D eigenvalue weighted by Gasteiger charge is -2.14. The van der Waals surface area contributed by atoms with Crippen LogP contribution < -0.4 is 10.1 Å². The third kappa shape index (κ3) is 5.06. The van der Waals surface area contributed by atoms with E-state index in [4.69, 9.17) is 10.00 Å². The van der Waals surface area contributed by atoms with Gasteiger partial charge in [0, 0.05) is 17.9 Å². The second-order valence-electron chi connectivity index (χ2n) is 6.26. The fraction of sp³-hybridized carbons (Fsp3) is 0.611. The van der Waals surface area contributed by atoms with E-state index < -0.39 is 0 Å². The predicted molar refractivity (Wildman–Crippen MR) is 85.3 cm³/mol. The van der Waals surface area contributed by atoms with E-state index in [0.717, 1.165) is 38.0 Å². The van der Waals surface area contributed by atoms with Crippen LogP contribution >= 0.6 is 0 Å². The molecule has 1 aliphatic rings. The maximum absolute atomic E-state index is 8.81. The van der Waals surface area contributed by atoms with Crippen LogP contribution in [0.15, 0.2) is 24.3 Å². The summed E-state index contributed by atoms with van der Waals surface area (Å²) in [5, 5.41) is 12.2. The molecule has 1 N–H and O–H groups in total. The minimum atomic E-state index is 0.147. The topological polar surface area (TPSA) is 45.0 Å². The number of hydrogen-bond acceptors (Lipinski definition) is 3. The van der Waals surface area contributed by atoms with E-state index in [1.807, 2.05) is 0 Å². The summed E-state index contributed by atoms with van der Waals surface area (Å²) in [5.41, 5.74) is 1.50. The zero-order chi connectivity index (χ0) is 15.1. The van der Waals surface area contributed by atoms with Gasteiger partial charge in [-0.15, -0.1) is 0 Å². The SMILES string of the molecule is CCNC(C)CCc1ccc(OCC2(CC#N)CC2)cc1. The third-order valence-electron chi connectivity index (χ3n) is 4.30. The molecule has 3 heteroatoms. The van der Waals surface area contributed by atoms with Crippen molar-refractivity contribution >= 4 is 0 Å². The van der Waals surface area contributed by atoms with Gasteiger partial charge in [-0.05, 0) is 56.8 Å². The number of benzene rings is 1. The summed E-state index contributed by atoms with van der Waals surface area (Å²) in [5.74, 6) is 0.919. The molecule has 1 unspecified atom stereocenters. The quantitative estimate of drug-likeness (QED) is 0.753. The summed E-state index contributed by atoms with van der Waals surface area (Å²) in [7, 11) is 0. The van der Waals surface area contributed by atoms with Crippen LogP contribution in [0.1, 0.15) is 45.1 Å². The van der Waals surface area contributed by atoms with E-state index in [1.165, 1.54) is 5.56 Å². The molecule has 1 atom stereocenters. The number of rotatable bonds is 9. The third-order valence-corrected chi connectivity index (χ3v) is 4.30. The summed E-state index contributed by atoms with van der Waals surface area (Å²) in [6.45, 7) is 6.07. The Morgan fingerprint density at radius 1 is 1.33 bits per heavy atom. The first-order valence-electron chi connectivity index (χ1n) is 7.99. The van der Waals surface area contributed by atoms with Gasteiger partial charge in [0.2, 0.25) is 0 Å². The molecule has 0 heterocycles. The monoisotopic (exact) mass is 286 g/mol. The van der Waals surface area contributed by atoms with Crippen molar-refractivity contribution in [2.24, 2.45) is 5.41 Å². The number of nitrogens with one attached hydrogen (secondary N) is 1. The lowest BCUT2D eigenvalue weighted by atomic mass is 10.1. The van der Waals surface area contributed by atoms with Crippen molar-refractivity contribution in [1.29, 1.82) is 5.26 Å². The van der Waals surface area contributed by atoms with Crippen molar-refractivity contribution in [2.75, 3.05) is 13.2 Å². The second-order valence-corrected chi connectivity index (χ2v) is 6.26. The van der Waals surface area contributed by atoms with Gasteiger partial charge in [0.1, 0.15) is 5.75 Å². The minimum Gasteiger partial charge on any atom is -0.493 e. The second kappa shape index (κ2) is 7.47. The zero-order valence-electron chi connectivity index (χ0n) is 13.2. The van der Waals surface area contributed by atoms with E-state index in [1.54, 1.807) is 0 Å². The van der Waals surface area contributed by atoms with E-state index >= 15 is 0 Å². The minimum absolute atomic E-state index is 0.147. The highest BCUT2D eigenvalue weighted by Gasteiger charge is 2.43. The first kappa shape index (κ1) is 15.9. The normalized spacial score (nSPS) is 17.0. The van der Waals surface area contributed by atoms with Crippen LogP contribution in [-0.4, -0.2) is 19.2 Å². The van der Waals surface area contributed by atoms with Crippen molar-refractivity contribution in [3.63, 3.8) is 0 Å². The molecule has 0 bridgehead atoms. The molecule has 0 aliphatic heterocycles. The Hall–Kier alpha value is -1.53. The first-order valence-corrected chi connectivity index (χ1v) is 7.99. The molecule has 0 radical (unpaired) electrons. The fourth-order valence-electron chi connectivity index (χ4n) is 2.54. The summed E-state index contributed by atoms with van der Waals surface area (Å²) in [4.78, 5) is 0. The maximum atomic E-state index is 8.81. The van der Waals surface area contributed by atoms with Crippen LogP contribution in [0.5, 0.6) is 5.75 Å². The van der Waals surface area contributed by atoms with Crippen molar-refractivity contribution < 1.29 is 4.74 Å². The number of aryl methyl sites for hydroxylation is 1. The predicted octanol–water partition coefficient (Wildman–Crippen LogP) is 3.69. The molecular formula is C18H26N2O. The Morgan fingerprint density at radius 2 is 2.05 bits per heavy atom. The van der Waals surface area contributed by atoms with E-state index in [-0.39, 0.29) is 5.41 Å². The molecule has 2 rings (SSSR count). The Balaban J connectivity index is 1.75. The molecule has 0 amide bonds. The van der Waals surface area contributed by atoms with Gasteiger partial charge in [-0.25, -0.2) is 0 Å².